The van der Waals surface area contributed by atoms with Gasteiger partial charge in [-0.05, 0) is 18.4 Å². The lowest BCUT2D eigenvalue weighted by Crippen LogP contribution is -2.12. The number of esters is 1. The van der Waals surface area contributed by atoms with Crippen LogP contribution in [0.3, 0.4) is 0 Å². The summed E-state index contributed by atoms with van der Waals surface area (Å²) in [6.45, 7) is 1.68. The third-order valence-electron chi connectivity index (χ3n) is 3.23. The highest BCUT2D eigenvalue weighted by Crippen LogP contribution is 2.23. The number of nitrogens with one attached hydrogen (secondary N) is 1. The lowest BCUT2D eigenvalue weighted by Gasteiger charge is -1.98. The van der Waals surface area contributed by atoms with Gasteiger partial charge in [0.15, 0.2) is 5.13 Å². The van der Waals surface area contributed by atoms with Gasteiger partial charge in [-0.25, -0.2) is 9.78 Å². The van der Waals surface area contributed by atoms with Crippen molar-refractivity contribution in [3.8, 4) is 11.4 Å². The number of rotatable bonds is 6. The van der Waals surface area contributed by atoms with Crippen LogP contribution in [0.1, 0.15) is 27.7 Å². The van der Waals surface area contributed by atoms with Crippen molar-refractivity contribution in [2.24, 2.45) is 0 Å². The summed E-state index contributed by atoms with van der Waals surface area (Å²) >= 11 is 2.62. The molecule has 130 valence electrons. The first-order chi connectivity index (χ1) is 12.1. The molecule has 0 unspecified atom stereocenters. The van der Waals surface area contributed by atoms with Gasteiger partial charge in [-0.3, -0.25) is 4.79 Å². The lowest BCUT2D eigenvalue weighted by molar-refractivity contribution is -0.116. The van der Waals surface area contributed by atoms with E-state index in [2.05, 4.69) is 25.2 Å². The van der Waals surface area contributed by atoms with Crippen LogP contribution in [-0.2, 0) is 16.0 Å². The number of thiophene rings is 1. The first-order valence-corrected chi connectivity index (χ1v) is 9.03. The molecule has 10 heteroatoms. The predicted molar refractivity (Wildman–Crippen MR) is 92.8 cm³/mol. The van der Waals surface area contributed by atoms with Crippen LogP contribution in [0.4, 0.5) is 5.13 Å². The molecule has 3 heterocycles. The zero-order chi connectivity index (χ0) is 17.8. The summed E-state index contributed by atoms with van der Waals surface area (Å²) in [4.78, 5) is 32.4. The number of aromatic nitrogens is 3. The number of amides is 1. The Morgan fingerprint density at radius 1 is 1.36 bits per heavy atom. The van der Waals surface area contributed by atoms with E-state index in [1.54, 1.807) is 18.3 Å². The van der Waals surface area contributed by atoms with E-state index in [0.717, 1.165) is 16.9 Å². The number of carbonyl (C=O) groups excluding carboxylic acids is 2. The Kier molecular flexibility index (Phi) is 5.19. The molecule has 3 aromatic heterocycles. The Balaban J connectivity index is 1.56. The van der Waals surface area contributed by atoms with Crippen molar-refractivity contribution < 1.29 is 18.8 Å². The molecule has 1 N–H and O–H groups in total. The Bertz CT molecular complexity index is 885. The minimum Gasteiger partial charge on any atom is -0.465 e. The summed E-state index contributed by atoms with van der Waals surface area (Å²) in [5.74, 6) is 0.180. The number of anilines is 1. The molecule has 0 aliphatic heterocycles. The topological polar surface area (TPSA) is 107 Å². The molecule has 0 radical (unpaired) electrons. The van der Waals surface area contributed by atoms with Crippen LogP contribution >= 0.6 is 22.7 Å². The van der Waals surface area contributed by atoms with E-state index in [9.17, 15) is 9.59 Å². The number of hydrogen-bond donors (Lipinski definition) is 1. The largest absolute Gasteiger partial charge is 0.465 e. The number of aryl methyl sites for hydroxylation is 2. The van der Waals surface area contributed by atoms with Crippen molar-refractivity contribution in [1.29, 1.82) is 0 Å². The summed E-state index contributed by atoms with van der Waals surface area (Å²) in [7, 11) is 1.30. The summed E-state index contributed by atoms with van der Waals surface area (Å²) in [5.41, 5.74) is 1.41. The first kappa shape index (κ1) is 17.2. The first-order valence-electron chi connectivity index (χ1n) is 7.27. The van der Waals surface area contributed by atoms with Crippen molar-refractivity contribution in [1.82, 2.24) is 15.1 Å². The Morgan fingerprint density at radius 3 is 2.92 bits per heavy atom. The highest BCUT2D eigenvalue weighted by Gasteiger charge is 2.17. The van der Waals surface area contributed by atoms with Crippen LogP contribution in [0.25, 0.3) is 11.4 Å². The van der Waals surface area contributed by atoms with Gasteiger partial charge in [0.05, 0.1) is 12.8 Å². The van der Waals surface area contributed by atoms with Crippen molar-refractivity contribution in [2.45, 2.75) is 19.8 Å². The van der Waals surface area contributed by atoms with E-state index < -0.39 is 5.97 Å². The molecule has 1 amide bonds. The molecule has 0 saturated heterocycles. The number of ether oxygens (including phenoxy) is 1. The molecule has 25 heavy (non-hydrogen) atoms. The van der Waals surface area contributed by atoms with Gasteiger partial charge < -0.3 is 14.6 Å². The Labute approximate surface area is 150 Å². The van der Waals surface area contributed by atoms with Gasteiger partial charge >= 0.3 is 5.97 Å². The monoisotopic (exact) mass is 378 g/mol. The Hall–Kier alpha value is -2.59. The highest BCUT2D eigenvalue weighted by atomic mass is 32.1. The number of methoxy groups -OCH3 is 1. The Morgan fingerprint density at radius 2 is 2.20 bits per heavy atom. The molecule has 0 aliphatic rings. The van der Waals surface area contributed by atoms with Gasteiger partial charge in [-0.1, -0.05) is 16.5 Å². The molecule has 0 atom stereocenters. The molecule has 0 aliphatic carbocycles. The smallest absolute Gasteiger partial charge is 0.350 e. The summed E-state index contributed by atoms with van der Waals surface area (Å²) in [5, 5.41) is 10.8. The minimum absolute atomic E-state index is 0.164. The molecular weight excluding hydrogens is 364 g/mol. The van der Waals surface area contributed by atoms with Crippen molar-refractivity contribution in [2.75, 3.05) is 12.4 Å². The fourth-order valence-corrected chi connectivity index (χ4v) is 3.53. The van der Waals surface area contributed by atoms with Gasteiger partial charge in [0, 0.05) is 23.8 Å². The van der Waals surface area contributed by atoms with E-state index in [1.807, 2.05) is 16.8 Å². The maximum absolute atomic E-state index is 12.0. The van der Waals surface area contributed by atoms with Gasteiger partial charge in [0.1, 0.15) is 4.88 Å². The number of thiazole rings is 1. The summed E-state index contributed by atoms with van der Waals surface area (Å²) < 4.78 is 9.81. The van der Waals surface area contributed by atoms with Crippen LogP contribution in [0, 0.1) is 6.92 Å². The molecule has 0 aromatic carbocycles. The number of carbonyl (C=O) groups is 2. The minimum atomic E-state index is -0.470. The predicted octanol–water partition coefficient (Wildman–Crippen LogP) is 2.92. The molecule has 0 fully saturated rings. The molecule has 3 rings (SSSR count). The number of hydrogen-bond acceptors (Lipinski definition) is 9. The van der Waals surface area contributed by atoms with Gasteiger partial charge in [-0.2, -0.15) is 16.3 Å². The van der Waals surface area contributed by atoms with Crippen LogP contribution in [0.15, 0.2) is 21.3 Å². The van der Waals surface area contributed by atoms with Crippen molar-refractivity contribution in [3.63, 3.8) is 0 Å². The third kappa shape index (κ3) is 4.09. The average Bonchev–Trinajstić information content (AvgIpc) is 3.32. The molecule has 0 bridgehead atoms. The molecule has 0 spiro atoms. The highest BCUT2D eigenvalue weighted by molar-refractivity contribution is 7.17. The zero-order valence-corrected chi connectivity index (χ0v) is 15.1. The van der Waals surface area contributed by atoms with Crippen LogP contribution in [0.5, 0.6) is 0 Å². The zero-order valence-electron chi connectivity index (χ0n) is 13.4. The molecule has 0 saturated carbocycles. The van der Waals surface area contributed by atoms with Crippen LogP contribution < -0.4 is 5.32 Å². The van der Waals surface area contributed by atoms with Crippen molar-refractivity contribution in [3.05, 3.63) is 33.3 Å². The van der Waals surface area contributed by atoms with Crippen molar-refractivity contribution >= 4 is 39.7 Å². The molecule has 3 aromatic rings. The second-order valence-corrected chi connectivity index (χ2v) is 6.78. The van der Waals surface area contributed by atoms with Crippen LogP contribution in [-0.4, -0.2) is 34.1 Å². The normalized spacial score (nSPS) is 10.6. The van der Waals surface area contributed by atoms with Gasteiger partial charge in [0.2, 0.25) is 17.6 Å². The standard InChI is InChI=1S/C15H14N4O4S2/c1-8-12(14(21)22-2)25-15(16-8)17-10(20)3-4-11-18-13(19-23-11)9-5-6-24-7-9/h5-7H,3-4H2,1-2H3,(H,16,17,20). The summed E-state index contributed by atoms with van der Waals surface area (Å²) in [6, 6.07) is 1.90. The third-order valence-corrected chi connectivity index (χ3v) is 4.96. The lowest BCUT2D eigenvalue weighted by atomic mass is 10.3. The SMILES string of the molecule is COC(=O)c1sc(NC(=O)CCc2nc(-c3ccsc3)no2)nc1C. The van der Waals surface area contributed by atoms with Gasteiger partial charge in [-0.15, -0.1) is 0 Å². The maximum Gasteiger partial charge on any atom is 0.350 e. The summed E-state index contributed by atoms with van der Waals surface area (Å²) in [6.07, 6.45) is 0.481. The van der Waals surface area contributed by atoms with E-state index in [4.69, 9.17) is 4.52 Å². The van der Waals surface area contributed by atoms with E-state index >= 15 is 0 Å². The second kappa shape index (κ2) is 7.53. The fourth-order valence-electron chi connectivity index (χ4n) is 2.00. The molecular formula is C15H14N4O4S2. The van der Waals surface area contributed by atoms with E-state index in [-0.39, 0.29) is 12.3 Å². The maximum atomic E-state index is 12.0. The van der Waals surface area contributed by atoms with Gasteiger partial charge in [0.25, 0.3) is 0 Å². The average molecular weight is 378 g/mol. The second-order valence-electron chi connectivity index (χ2n) is 5.00. The van der Waals surface area contributed by atoms with E-state index in [0.29, 0.717) is 33.8 Å². The number of nitrogens with zero attached hydrogens (tertiary/aromatic N) is 3. The molecule has 8 nitrogen and oxygen atoms in total. The van der Waals surface area contributed by atoms with Crippen LogP contribution in [0.2, 0.25) is 0 Å². The van der Waals surface area contributed by atoms with E-state index in [1.165, 1.54) is 7.11 Å². The fraction of sp³-hybridized carbons (Fsp3) is 0.267. The quantitative estimate of drug-likeness (QED) is 0.657.